The molecule has 1 N–H and O–H groups in total. The lowest BCUT2D eigenvalue weighted by Crippen LogP contribution is -2.16. The first-order valence-electron chi connectivity index (χ1n) is 3.93. The standard InChI is InChI=1S/C8H5F5INO/c9-7(10)6-5(8(11,12)13)3(2-16)1-4(14)15-6/h1,7,16H,2H2. The molecule has 0 bridgehead atoms. The Balaban J connectivity index is 3.52. The number of rotatable bonds is 2. The second-order valence-electron chi connectivity index (χ2n) is 2.82. The van der Waals surface area contributed by atoms with E-state index in [-0.39, 0.29) is 3.70 Å². The average Bonchev–Trinajstić information content (AvgIpc) is 2.14. The van der Waals surface area contributed by atoms with Crippen LogP contribution >= 0.6 is 22.6 Å². The Labute approximate surface area is 101 Å². The van der Waals surface area contributed by atoms with Crippen molar-refractivity contribution in [2.75, 3.05) is 0 Å². The molecule has 0 aliphatic carbocycles. The third-order valence-corrected chi connectivity index (χ3v) is 2.31. The molecule has 0 radical (unpaired) electrons. The van der Waals surface area contributed by atoms with Gasteiger partial charge in [-0.15, -0.1) is 0 Å². The maximum absolute atomic E-state index is 12.5. The lowest BCUT2D eigenvalue weighted by Gasteiger charge is -2.15. The molecular weight excluding hydrogens is 348 g/mol. The average molecular weight is 353 g/mol. The Kier molecular flexibility index (Phi) is 4.05. The van der Waals surface area contributed by atoms with Crippen LogP contribution in [0.25, 0.3) is 0 Å². The van der Waals surface area contributed by atoms with E-state index in [2.05, 4.69) is 4.98 Å². The zero-order chi connectivity index (χ0) is 12.5. The monoisotopic (exact) mass is 353 g/mol. The van der Waals surface area contributed by atoms with Crippen molar-refractivity contribution in [3.8, 4) is 0 Å². The zero-order valence-corrected chi connectivity index (χ0v) is 9.68. The van der Waals surface area contributed by atoms with Crippen molar-refractivity contribution < 1.29 is 27.1 Å². The van der Waals surface area contributed by atoms with Gasteiger partial charge in [-0.3, -0.25) is 0 Å². The highest BCUT2D eigenvalue weighted by Gasteiger charge is 2.39. The zero-order valence-electron chi connectivity index (χ0n) is 7.52. The molecule has 0 aliphatic rings. The van der Waals surface area contributed by atoms with E-state index < -0.39 is 36.0 Å². The van der Waals surface area contributed by atoms with Crippen molar-refractivity contribution >= 4 is 22.6 Å². The van der Waals surface area contributed by atoms with Gasteiger partial charge in [-0.2, -0.15) is 13.2 Å². The van der Waals surface area contributed by atoms with E-state index in [4.69, 9.17) is 5.11 Å². The molecule has 90 valence electrons. The normalized spacial score (nSPS) is 12.2. The van der Waals surface area contributed by atoms with Crippen LogP contribution in [-0.4, -0.2) is 10.1 Å². The maximum atomic E-state index is 12.5. The quantitative estimate of drug-likeness (QED) is 0.504. The summed E-state index contributed by atoms with van der Waals surface area (Å²) < 4.78 is 62.3. The van der Waals surface area contributed by atoms with Gasteiger partial charge in [0.2, 0.25) is 0 Å². The van der Waals surface area contributed by atoms with E-state index >= 15 is 0 Å². The molecule has 0 fully saturated rings. The Hall–Kier alpha value is -0.510. The van der Waals surface area contributed by atoms with Gasteiger partial charge in [-0.05, 0) is 34.2 Å². The van der Waals surface area contributed by atoms with E-state index in [1.165, 1.54) is 22.6 Å². The minimum absolute atomic E-state index is 0.0232. The molecule has 0 saturated carbocycles. The van der Waals surface area contributed by atoms with Crippen LogP contribution in [-0.2, 0) is 12.8 Å². The van der Waals surface area contributed by atoms with Crippen molar-refractivity contribution in [1.29, 1.82) is 0 Å². The third-order valence-electron chi connectivity index (χ3n) is 1.76. The molecule has 0 unspecified atom stereocenters. The molecule has 0 aromatic carbocycles. The molecule has 0 atom stereocenters. The van der Waals surface area contributed by atoms with Crippen LogP contribution in [0.15, 0.2) is 6.07 Å². The molecule has 0 saturated heterocycles. The molecule has 0 aliphatic heterocycles. The van der Waals surface area contributed by atoms with Gasteiger partial charge >= 0.3 is 6.18 Å². The number of hydrogen-bond donors (Lipinski definition) is 1. The lowest BCUT2D eigenvalue weighted by atomic mass is 10.1. The largest absolute Gasteiger partial charge is 0.418 e. The summed E-state index contributed by atoms with van der Waals surface area (Å²) in [5.74, 6) is 0. The van der Waals surface area contributed by atoms with Crippen LogP contribution in [0.1, 0.15) is 23.2 Å². The summed E-state index contributed by atoms with van der Waals surface area (Å²) >= 11 is 1.51. The minimum atomic E-state index is -4.96. The fourth-order valence-electron chi connectivity index (χ4n) is 1.19. The Morgan fingerprint density at radius 2 is 1.94 bits per heavy atom. The molecule has 0 spiro atoms. The fraction of sp³-hybridized carbons (Fsp3) is 0.375. The Morgan fingerprint density at radius 3 is 2.31 bits per heavy atom. The predicted molar refractivity (Wildman–Crippen MR) is 52.8 cm³/mol. The summed E-state index contributed by atoms with van der Waals surface area (Å²) in [6.45, 7) is -0.965. The number of aliphatic hydroxyl groups is 1. The first-order valence-corrected chi connectivity index (χ1v) is 5.00. The highest BCUT2D eigenvalue weighted by molar-refractivity contribution is 14.1. The minimum Gasteiger partial charge on any atom is -0.392 e. The van der Waals surface area contributed by atoms with Gasteiger partial charge < -0.3 is 5.11 Å². The number of halogens is 6. The van der Waals surface area contributed by atoms with E-state index in [0.717, 1.165) is 6.07 Å². The van der Waals surface area contributed by atoms with Crippen LogP contribution in [0.4, 0.5) is 22.0 Å². The van der Waals surface area contributed by atoms with Gasteiger partial charge in [0.15, 0.2) is 0 Å². The van der Waals surface area contributed by atoms with Gasteiger partial charge in [0.25, 0.3) is 6.43 Å². The smallest absolute Gasteiger partial charge is 0.392 e. The number of hydrogen-bond acceptors (Lipinski definition) is 2. The van der Waals surface area contributed by atoms with E-state index in [1.807, 2.05) is 0 Å². The summed E-state index contributed by atoms with van der Waals surface area (Å²) in [6, 6.07) is 0.926. The molecule has 1 heterocycles. The first kappa shape index (κ1) is 13.6. The van der Waals surface area contributed by atoms with Crippen molar-refractivity contribution in [3.63, 3.8) is 0 Å². The number of pyridine rings is 1. The predicted octanol–water partition coefficient (Wildman–Crippen LogP) is 3.13. The van der Waals surface area contributed by atoms with Crippen molar-refractivity contribution in [1.82, 2.24) is 4.98 Å². The van der Waals surface area contributed by atoms with Crippen LogP contribution in [0.5, 0.6) is 0 Å². The summed E-state index contributed by atoms with van der Waals surface area (Å²) in [5.41, 5.74) is -3.49. The second-order valence-corrected chi connectivity index (χ2v) is 3.93. The van der Waals surface area contributed by atoms with Gasteiger partial charge in [0.1, 0.15) is 9.39 Å². The van der Waals surface area contributed by atoms with Crippen molar-refractivity contribution in [3.05, 3.63) is 26.6 Å². The fourth-order valence-corrected chi connectivity index (χ4v) is 1.83. The highest BCUT2D eigenvalue weighted by Crippen LogP contribution is 2.38. The maximum Gasteiger partial charge on any atom is 0.418 e. The molecule has 1 aromatic heterocycles. The van der Waals surface area contributed by atoms with E-state index in [9.17, 15) is 22.0 Å². The molecule has 1 aromatic rings. The van der Waals surface area contributed by atoms with E-state index in [0.29, 0.717) is 0 Å². The summed E-state index contributed by atoms with van der Waals surface area (Å²) in [4.78, 5) is 3.15. The topological polar surface area (TPSA) is 33.1 Å². The number of aliphatic hydroxyl groups excluding tert-OH is 1. The number of alkyl halides is 5. The molecule has 0 amide bonds. The molecule has 1 rings (SSSR count). The summed E-state index contributed by atoms with van der Waals surface area (Å²) in [5, 5.41) is 8.74. The SMILES string of the molecule is OCc1cc(I)nc(C(F)F)c1C(F)(F)F. The Bertz CT molecular complexity index is 393. The second kappa shape index (κ2) is 4.78. The van der Waals surface area contributed by atoms with Gasteiger partial charge in [0.05, 0.1) is 12.2 Å². The van der Waals surface area contributed by atoms with Gasteiger partial charge in [-0.25, -0.2) is 13.8 Å². The molecule has 2 nitrogen and oxygen atoms in total. The Morgan fingerprint density at radius 1 is 1.38 bits per heavy atom. The lowest BCUT2D eigenvalue weighted by molar-refractivity contribution is -0.141. The van der Waals surface area contributed by atoms with Gasteiger partial charge in [-0.1, -0.05) is 0 Å². The highest BCUT2D eigenvalue weighted by atomic mass is 127. The van der Waals surface area contributed by atoms with Crippen LogP contribution in [0.3, 0.4) is 0 Å². The van der Waals surface area contributed by atoms with Crippen molar-refractivity contribution in [2.45, 2.75) is 19.2 Å². The van der Waals surface area contributed by atoms with Gasteiger partial charge in [0, 0.05) is 0 Å². The number of aromatic nitrogens is 1. The van der Waals surface area contributed by atoms with E-state index in [1.54, 1.807) is 0 Å². The third kappa shape index (κ3) is 2.78. The molecule has 16 heavy (non-hydrogen) atoms. The van der Waals surface area contributed by atoms with Crippen LogP contribution in [0.2, 0.25) is 0 Å². The first-order chi connectivity index (χ1) is 7.27. The summed E-state index contributed by atoms with van der Waals surface area (Å²) in [6.07, 6.45) is -8.29. The van der Waals surface area contributed by atoms with Crippen molar-refractivity contribution in [2.24, 2.45) is 0 Å². The molecule has 8 heteroatoms. The van der Waals surface area contributed by atoms with Crippen LogP contribution < -0.4 is 0 Å². The number of nitrogens with zero attached hydrogens (tertiary/aromatic N) is 1. The molecular formula is C8H5F5INO. The van der Waals surface area contributed by atoms with Crippen LogP contribution in [0, 0.1) is 3.70 Å². The summed E-state index contributed by atoms with van der Waals surface area (Å²) in [7, 11) is 0.